The number of carbonyl (C=O) groups excluding carboxylic acids is 3. The Balaban J connectivity index is 1.82. The minimum atomic E-state index is -1.34. The van der Waals surface area contributed by atoms with Gasteiger partial charge in [-0.25, -0.2) is 4.99 Å². The summed E-state index contributed by atoms with van der Waals surface area (Å²) in [5, 5.41) is 14.0. The number of carbonyl (C=O) groups is 3. The molecule has 1 heterocycles. The summed E-state index contributed by atoms with van der Waals surface area (Å²) in [6.45, 7) is 2.21. The highest BCUT2D eigenvalue weighted by atomic mass is 35.5. The van der Waals surface area contributed by atoms with Crippen LogP contribution < -0.4 is 10.4 Å². The number of carboxylic acids is 1. The lowest BCUT2D eigenvalue weighted by atomic mass is 10.2. The normalized spacial score (nSPS) is 17.8. The van der Waals surface area contributed by atoms with Crippen LogP contribution >= 0.6 is 35.0 Å². The smallest absolute Gasteiger partial charge is 0.238 e. The number of nitrogens with zero attached hydrogens (tertiary/aromatic N) is 2. The number of thioether (sulfide) groups is 1. The van der Waals surface area contributed by atoms with Gasteiger partial charge in [0.1, 0.15) is 5.25 Å². The average Bonchev–Trinajstić information content (AvgIpc) is 2.70. The second-order valence-electron chi connectivity index (χ2n) is 6.30. The molecule has 1 saturated heterocycles. The molecule has 0 unspecified atom stereocenters. The molecule has 0 saturated carbocycles. The molecular weight excluding hydrogens is 449 g/mol. The highest BCUT2D eigenvalue weighted by Crippen LogP contribution is 2.32. The first-order valence-electron chi connectivity index (χ1n) is 8.91. The van der Waals surface area contributed by atoms with E-state index >= 15 is 0 Å². The molecule has 2 aromatic rings. The third-order valence-electron chi connectivity index (χ3n) is 4.24. The zero-order valence-electron chi connectivity index (χ0n) is 15.7. The molecule has 10 heteroatoms. The van der Waals surface area contributed by atoms with Gasteiger partial charge in [0.05, 0.1) is 21.7 Å². The zero-order valence-corrected chi connectivity index (χ0v) is 18.1. The van der Waals surface area contributed by atoms with E-state index in [1.807, 2.05) is 6.92 Å². The van der Waals surface area contributed by atoms with Crippen molar-refractivity contribution in [3.05, 3.63) is 58.1 Å². The molecule has 2 aromatic carbocycles. The number of amidine groups is 1. The fraction of sp³-hybridized carbons (Fsp3) is 0.200. The van der Waals surface area contributed by atoms with Crippen LogP contribution in [-0.4, -0.2) is 39.6 Å². The van der Waals surface area contributed by atoms with Gasteiger partial charge >= 0.3 is 0 Å². The molecular formula is C20H16Cl2N3O4S-. The topological polar surface area (TPSA) is 102 Å². The monoisotopic (exact) mass is 464 g/mol. The van der Waals surface area contributed by atoms with Gasteiger partial charge in [-0.15, -0.1) is 0 Å². The Morgan fingerprint density at radius 3 is 2.67 bits per heavy atom. The number of aliphatic imine (C=N–C) groups is 1. The van der Waals surface area contributed by atoms with E-state index in [9.17, 15) is 19.5 Å². The van der Waals surface area contributed by atoms with Gasteiger partial charge in [0.25, 0.3) is 0 Å². The highest BCUT2D eigenvalue weighted by Gasteiger charge is 2.35. The van der Waals surface area contributed by atoms with Gasteiger partial charge in [0.2, 0.25) is 11.8 Å². The first-order valence-corrected chi connectivity index (χ1v) is 10.5. The van der Waals surface area contributed by atoms with Crippen LogP contribution in [0.2, 0.25) is 10.0 Å². The van der Waals surface area contributed by atoms with E-state index in [1.54, 1.807) is 24.3 Å². The van der Waals surface area contributed by atoms with Crippen LogP contribution in [0.25, 0.3) is 0 Å². The maximum absolute atomic E-state index is 12.7. The summed E-state index contributed by atoms with van der Waals surface area (Å²) < 4.78 is 0. The van der Waals surface area contributed by atoms with Crippen molar-refractivity contribution in [2.24, 2.45) is 4.99 Å². The largest absolute Gasteiger partial charge is 0.545 e. The number of rotatable bonds is 5. The van der Waals surface area contributed by atoms with E-state index in [0.29, 0.717) is 33.1 Å². The molecule has 7 nitrogen and oxygen atoms in total. The molecule has 3 rings (SSSR count). The summed E-state index contributed by atoms with van der Waals surface area (Å²) >= 11 is 13.1. The summed E-state index contributed by atoms with van der Waals surface area (Å²) in [6.07, 6.45) is -0.00902. The van der Waals surface area contributed by atoms with Crippen molar-refractivity contribution >= 4 is 69.3 Å². The van der Waals surface area contributed by atoms with E-state index in [1.165, 1.54) is 23.1 Å². The van der Waals surface area contributed by atoms with Crippen LogP contribution in [0.15, 0.2) is 47.5 Å². The van der Waals surface area contributed by atoms with Gasteiger partial charge in [-0.2, -0.15) is 0 Å². The fourth-order valence-corrected chi connectivity index (χ4v) is 4.22. The first-order chi connectivity index (χ1) is 14.3. The molecule has 2 amide bonds. The first kappa shape index (κ1) is 22.1. The maximum atomic E-state index is 12.7. The van der Waals surface area contributed by atoms with Crippen molar-refractivity contribution in [1.82, 2.24) is 4.90 Å². The number of hydrogen-bond donors (Lipinski definition) is 1. The number of aromatic carboxylic acids is 1. The van der Waals surface area contributed by atoms with Gasteiger partial charge in [-0.05, 0) is 42.8 Å². The Labute approximate surface area is 187 Å². The quantitative estimate of drug-likeness (QED) is 0.730. The van der Waals surface area contributed by atoms with Gasteiger partial charge in [-0.1, -0.05) is 47.1 Å². The lowest BCUT2D eigenvalue weighted by Gasteiger charge is -2.31. The van der Waals surface area contributed by atoms with Crippen molar-refractivity contribution < 1.29 is 19.5 Å². The molecule has 0 aromatic heterocycles. The number of nitrogens with one attached hydrogen (secondary N) is 1. The van der Waals surface area contributed by atoms with E-state index < -0.39 is 17.1 Å². The van der Waals surface area contributed by atoms with Crippen molar-refractivity contribution in [3.8, 4) is 0 Å². The molecule has 0 spiro atoms. The second kappa shape index (κ2) is 9.51. The summed E-state index contributed by atoms with van der Waals surface area (Å²) in [5.41, 5.74) is 0.746. The summed E-state index contributed by atoms with van der Waals surface area (Å²) in [6, 6.07) is 10.6. The molecule has 30 heavy (non-hydrogen) atoms. The minimum Gasteiger partial charge on any atom is -0.545 e. The minimum absolute atomic E-state index is 0.00902. The number of anilines is 1. The number of carboxylic acid groups (broad SMARTS) is 1. The molecule has 0 aliphatic carbocycles. The van der Waals surface area contributed by atoms with Crippen LogP contribution in [0.3, 0.4) is 0 Å². The second-order valence-corrected chi connectivity index (χ2v) is 8.28. The molecule has 0 radical (unpaired) electrons. The van der Waals surface area contributed by atoms with Crippen molar-refractivity contribution in [2.75, 3.05) is 11.9 Å². The Hall–Kier alpha value is -2.55. The summed E-state index contributed by atoms with van der Waals surface area (Å²) in [7, 11) is 0. The van der Waals surface area contributed by atoms with Crippen molar-refractivity contribution in [1.29, 1.82) is 0 Å². The Morgan fingerprint density at radius 2 is 2.00 bits per heavy atom. The van der Waals surface area contributed by atoms with E-state index in [2.05, 4.69) is 10.3 Å². The maximum Gasteiger partial charge on any atom is 0.238 e. The number of amides is 2. The molecule has 1 atom stereocenters. The van der Waals surface area contributed by atoms with Crippen LogP contribution in [0, 0.1) is 0 Å². The average molecular weight is 465 g/mol. The molecule has 156 valence electrons. The van der Waals surface area contributed by atoms with Crippen molar-refractivity contribution in [2.45, 2.75) is 18.6 Å². The highest BCUT2D eigenvalue weighted by molar-refractivity contribution is 8.15. The van der Waals surface area contributed by atoms with Gasteiger partial charge in [-0.3, -0.25) is 14.5 Å². The molecule has 1 aliphatic heterocycles. The number of hydrogen-bond acceptors (Lipinski definition) is 6. The van der Waals surface area contributed by atoms with Gasteiger partial charge in [0.15, 0.2) is 5.17 Å². The SMILES string of the molecule is CCN1C(=O)C[C@H](C(=O)Nc2cccc(C(=O)[O-])c2)SC1=Nc1ccc(Cl)c(Cl)c1. The fourth-order valence-electron chi connectivity index (χ4n) is 2.76. The molecule has 0 bridgehead atoms. The third-order valence-corrected chi connectivity index (χ3v) is 6.17. The summed E-state index contributed by atoms with van der Waals surface area (Å²) in [5.74, 6) is -2.01. The standard InChI is InChI=1S/C20H17Cl2N3O4S/c1-2-25-17(26)10-16(18(27)23-12-5-3-4-11(8-12)19(28)29)30-20(25)24-13-6-7-14(21)15(22)9-13/h3-9,16H,2,10H2,1H3,(H,23,27)(H,28,29)/p-1/t16-/m1/s1. The van der Waals surface area contributed by atoms with Gasteiger partial charge in [0, 0.05) is 18.7 Å². The van der Waals surface area contributed by atoms with Crippen LogP contribution in [0.5, 0.6) is 0 Å². The molecule has 1 fully saturated rings. The van der Waals surface area contributed by atoms with E-state index in [-0.39, 0.29) is 17.9 Å². The number of benzene rings is 2. The van der Waals surface area contributed by atoms with Crippen LogP contribution in [-0.2, 0) is 9.59 Å². The zero-order chi connectivity index (χ0) is 21.8. The predicted molar refractivity (Wildman–Crippen MR) is 116 cm³/mol. The summed E-state index contributed by atoms with van der Waals surface area (Å²) in [4.78, 5) is 42.3. The molecule has 1 aliphatic rings. The molecule has 1 N–H and O–H groups in total. The van der Waals surface area contributed by atoms with Crippen molar-refractivity contribution in [3.63, 3.8) is 0 Å². The number of halogens is 2. The Kier molecular flexibility index (Phi) is 7.02. The van der Waals surface area contributed by atoms with E-state index in [0.717, 1.165) is 11.8 Å². The third kappa shape index (κ3) is 5.13. The lowest BCUT2D eigenvalue weighted by Crippen LogP contribution is -2.45. The van der Waals surface area contributed by atoms with Crippen LogP contribution in [0.1, 0.15) is 23.7 Å². The van der Waals surface area contributed by atoms with Crippen LogP contribution in [0.4, 0.5) is 11.4 Å². The lowest BCUT2D eigenvalue weighted by molar-refractivity contribution is -0.255. The Morgan fingerprint density at radius 1 is 1.23 bits per heavy atom. The Bertz CT molecular complexity index is 1040. The van der Waals surface area contributed by atoms with E-state index in [4.69, 9.17) is 23.2 Å². The van der Waals surface area contributed by atoms with Gasteiger partial charge < -0.3 is 15.2 Å². The predicted octanol–water partition coefficient (Wildman–Crippen LogP) is 3.34.